The summed E-state index contributed by atoms with van der Waals surface area (Å²) in [6.45, 7) is 8.46. The van der Waals surface area contributed by atoms with Crippen molar-refractivity contribution < 1.29 is 49.7 Å². The van der Waals surface area contributed by atoms with Gasteiger partial charge in [0.15, 0.2) is 34.5 Å². The van der Waals surface area contributed by atoms with Crippen molar-refractivity contribution in [1.82, 2.24) is 0 Å². The predicted octanol–water partition coefficient (Wildman–Crippen LogP) is 7.27. The minimum absolute atomic E-state index is 0.158. The first-order chi connectivity index (χ1) is 21.3. The van der Waals surface area contributed by atoms with Crippen LogP contribution in [0.3, 0.4) is 0 Å². The first-order valence-electron chi connectivity index (χ1n) is 15.4. The Balaban J connectivity index is 1.88. The number of carbonyl (C=O) groups is 2. The third kappa shape index (κ3) is 7.56. The molecule has 0 aromatic heterocycles. The molecule has 0 saturated heterocycles. The highest BCUT2D eigenvalue weighted by Gasteiger charge is 2.37. The van der Waals surface area contributed by atoms with Crippen LogP contribution in [0, 0.1) is 17.8 Å². The number of hydrogen-bond donors (Lipinski definition) is 6. The fourth-order valence-electron chi connectivity index (χ4n) is 6.21. The molecular weight excluding hydrogens is 580 g/mol. The van der Waals surface area contributed by atoms with Gasteiger partial charge in [0.05, 0.1) is 11.1 Å². The van der Waals surface area contributed by atoms with Crippen LogP contribution in [0.2, 0.25) is 0 Å². The molecule has 3 aromatic carbocycles. The quantitative estimate of drug-likeness (QED) is 0.0584. The molecular formula is C35H42O10. The van der Waals surface area contributed by atoms with Gasteiger partial charge in [0, 0.05) is 5.56 Å². The van der Waals surface area contributed by atoms with Gasteiger partial charge in [-0.2, -0.15) is 0 Å². The van der Waals surface area contributed by atoms with Crippen LogP contribution in [-0.4, -0.2) is 42.6 Å². The molecule has 0 aliphatic heterocycles. The zero-order valence-corrected chi connectivity index (χ0v) is 26.0. The largest absolute Gasteiger partial charge is 0.504 e. The van der Waals surface area contributed by atoms with E-state index >= 15 is 0 Å². The van der Waals surface area contributed by atoms with E-state index in [0.29, 0.717) is 17.9 Å². The second kappa shape index (κ2) is 14.0. The Bertz CT molecular complexity index is 1420. The summed E-state index contributed by atoms with van der Waals surface area (Å²) in [7, 11) is 0. The number of phenolic OH excluding ortho intramolecular Hbond substituents is 6. The van der Waals surface area contributed by atoms with Crippen LogP contribution >= 0.6 is 0 Å². The number of aromatic hydroxyl groups is 6. The summed E-state index contributed by atoms with van der Waals surface area (Å²) in [5.74, 6) is -5.17. The summed E-state index contributed by atoms with van der Waals surface area (Å²) < 4.78 is 12.0. The summed E-state index contributed by atoms with van der Waals surface area (Å²) in [6.07, 6.45) is 5.98. The molecule has 3 aromatic rings. The normalized spacial score (nSPS) is 18.1. The number of carbonyl (C=O) groups excluding carboxylic acids is 2. The van der Waals surface area contributed by atoms with Crippen molar-refractivity contribution in [2.24, 2.45) is 17.8 Å². The zero-order valence-electron chi connectivity index (χ0n) is 26.0. The monoisotopic (exact) mass is 622 g/mol. The van der Waals surface area contributed by atoms with E-state index in [1.807, 2.05) is 0 Å². The van der Waals surface area contributed by atoms with Gasteiger partial charge in [-0.25, -0.2) is 9.59 Å². The molecule has 0 heterocycles. The van der Waals surface area contributed by atoms with E-state index in [1.54, 1.807) is 12.1 Å². The summed E-state index contributed by atoms with van der Waals surface area (Å²) in [5.41, 5.74) is 0.864. The van der Waals surface area contributed by atoms with Gasteiger partial charge in [-0.3, -0.25) is 0 Å². The Morgan fingerprint density at radius 1 is 0.756 bits per heavy atom. The number of hydrogen-bond acceptors (Lipinski definition) is 10. The lowest BCUT2D eigenvalue weighted by molar-refractivity contribution is 0.0721. The maximum atomic E-state index is 13.5. The van der Waals surface area contributed by atoms with E-state index in [4.69, 9.17) is 9.47 Å². The number of rotatable bonds is 10. The molecule has 0 unspecified atom stereocenters. The molecule has 0 amide bonds. The van der Waals surface area contributed by atoms with Crippen molar-refractivity contribution in [3.8, 4) is 46.0 Å². The number of esters is 2. The number of benzene rings is 3. The van der Waals surface area contributed by atoms with Crippen molar-refractivity contribution in [3.05, 3.63) is 58.7 Å². The lowest BCUT2D eigenvalue weighted by Crippen LogP contribution is -2.27. The van der Waals surface area contributed by atoms with Crippen LogP contribution in [0.1, 0.15) is 104 Å². The first kappa shape index (κ1) is 33.3. The molecule has 0 radical (unpaired) electrons. The van der Waals surface area contributed by atoms with E-state index < -0.39 is 46.4 Å². The highest BCUT2D eigenvalue weighted by atomic mass is 16.5. The Morgan fingerprint density at radius 2 is 1.22 bits per heavy atom. The number of unbranched alkanes of at least 4 members (excludes halogenated alkanes) is 2. The average Bonchev–Trinajstić information content (AvgIpc) is 2.98. The SMILES string of the molecule is CCCCCc1cc(OC(=O)c2cc(O)c(O)c(O)c2)c([C@@H]2C[C@H](C)CC[C@H]2C(C)C)c(OC(=O)c2cc(O)c(O)c(O)c2)c1. The van der Waals surface area contributed by atoms with Crippen molar-refractivity contribution in [2.75, 3.05) is 0 Å². The van der Waals surface area contributed by atoms with E-state index in [0.717, 1.165) is 68.4 Å². The molecule has 1 aliphatic rings. The summed E-state index contributed by atoms with van der Waals surface area (Å²) >= 11 is 0. The molecule has 10 nitrogen and oxygen atoms in total. The van der Waals surface area contributed by atoms with Crippen LogP contribution in [0.5, 0.6) is 46.0 Å². The van der Waals surface area contributed by atoms with Crippen molar-refractivity contribution in [2.45, 2.75) is 78.6 Å². The van der Waals surface area contributed by atoms with Gasteiger partial charge < -0.3 is 40.1 Å². The lowest BCUT2D eigenvalue weighted by atomic mass is 9.67. The lowest BCUT2D eigenvalue weighted by Gasteiger charge is -2.39. The maximum absolute atomic E-state index is 13.5. The molecule has 1 saturated carbocycles. The van der Waals surface area contributed by atoms with E-state index in [1.165, 1.54) is 0 Å². The average molecular weight is 623 g/mol. The van der Waals surface area contributed by atoms with Crippen molar-refractivity contribution in [1.29, 1.82) is 0 Å². The fourth-order valence-corrected chi connectivity index (χ4v) is 6.21. The van der Waals surface area contributed by atoms with Crippen LogP contribution < -0.4 is 9.47 Å². The molecule has 0 bridgehead atoms. The minimum atomic E-state index is -0.900. The van der Waals surface area contributed by atoms with Gasteiger partial charge in [0.1, 0.15) is 11.5 Å². The van der Waals surface area contributed by atoms with Crippen LogP contribution in [0.15, 0.2) is 36.4 Å². The molecule has 1 fully saturated rings. The zero-order chi connectivity index (χ0) is 33.0. The molecule has 4 rings (SSSR count). The Hall–Kier alpha value is -4.60. The smallest absolute Gasteiger partial charge is 0.343 e. The van der Waals surface area contributed by atoms with Gasteiger partial charge in [0.25, 0.3) is 0 Å². The van der Waals surface area contributed by atoms with Crippen LogP contribution in [0.4, 0.5) is 0 Å². The van der Waals surface area contributed by atoms with E-state index in [9.17, 15) is 40.2 Å². The second-order valence-electron chi connectivity index (χ2n) is 12.4. The molecule has 6 N–H and O–H groups in total. The van der Waals surface area contributed by atoms with E-state index in [-0.39, 0.29) is 40.4 Å². The first-order valence-corrected chi connectivity index (χ1v) is 15.4. The summed E-state index contributed by atoms with van der Waals surface area (Å²) in [5, 5.41) is 59.7. The standard InChI is InChI=1S/C35H42O10/c1-5-6-7-8-20-12-29(44-34(42)21-14-25(36)32(40)26(37)15-21)31(24-11-19(4)9-10-23(24)18(2)3)30(13-20)45-35(43)22-16-27(38)33(41)28(39)17-22/h12-19,23-24,36-41H,5-11H2,1-4H3/t19-,23+,24-/m1/s1. The minimum Gasteiger partial charge on any atom is -0.504 e. The van der Waals surface area contributed by atoms with Gasteiger partial charge in [-0.05, 0) is 91.3 Å². The second-order valence-corrected chi connectivity index (χ2v) is 12.4. The highest BCUT2D eigenvalue weighted by molar-refractivity contribution is 5.94. The fraction of sp³-hybridized carbons (Fsp3) is 0.429. The molecule has 45 heavy (non-hydrogen) atoms. The van der Waals surface area contributed by atoms with Gasteiger partial charge in [-0.15, -0.1) is 0 Å². The Morgan fingerprint density at radius 3 is 1.64 bits per heavy atom. The molecule has 242 valence electrons. The molecule has 1 aliphatic carbocycles. The summed E-state index contributed by atoms with van der Waals surface area (Å²) in [6, 6.07) is 7.49. The van der Waals surface area contributed by atoms with Crippen molar-refractivity contribution in [3.63, 3.8) is 0 Å². The number of ether oxygens (including phenoxy) is 2. The number of aryl methyl sites for hydroxylation is 1. The number of phenols is 6. The summed E-state index contributed by atoms with van der Waals surface area (Å²) in [4.78, 5) is 26.9. The van der Waals surface area contributed by atoms with Crippen LogP contribution in [0.25, 0.3) is 0 Å². The maximum Gasteiger partial charge on any atom is 0.343 e. The predicted molar refractivity (Wildman–Crippen MR) is 167 cm³/mol. The van der Waals surface area contributed by atoms with Crippen LogP contribution in [-0.2, 0) is 6.42 Å². The topological polar surface area (TPSA) is 174 Å². The third-order valence-electron chi connectivity index (χ3n) is 8.64. The van der Waals surface area contributed by atoms with Gasteiger partial charge in [-0.1, -0.05) is 47.0 Å². The molecule has 0 spiro atoms. The van der Waals surface area contributed by atoms with E-state index in [2.05, 4.69) is 27.7 Å². The third-order valence-corrected chi connectivity index (χ3v) is 8.64. The van der Waals surface area contributed by atoms with Gasteiger partial charge >= 0.3 is 11.9 Å². The van der Waals surface area contributed by atoms with Crippen molar-refractivity contribution >= 4 is 11.9 Å². The highest BCUT2D eigenvalue weighted by Crippen LogP contribution is 2.51. The van der Waals surface area contributed by atoms with Gasteiger partial charge in [0.2, 0.25) is 0 Å². The Kier molecular flexibility index (Phi) is 10.4. The molecule has 10 heteroatoms. The Labute approximate surface area is 262 Å². The molecule has 3 atom stereocenters.